The molecule has 0 bridgehead atoms. The van der Waals surface area contributed by atoms with E-state index in [1.54, 1.807) is 6.92 Å². The number of rotatable bonds is 4. The molecule has 1 N–H and O–H groups in total. The van der Waals surface area contributed by atoms with E-state index in [9.17, 15) is 4.79 Å². The van der Waals surface area contributed by atoms with Crippen LogP contribution in [-0.4, -0.2) is 27.5 Å². The van der Waals surface area contributed by atoms with E-state index in [-0.39, 0.29) is 11.9 Å². The van der Waals surface area contributed by atoms with Gasteiger partial charge in [-0.2, -0.15) is 0 Å². The molecule has 0 amide bonds. The number of aromatic amines is 1. The van der Waals surface area contributed by atoms with Gasteiger partial charge in [0, 0.05) is 5.69 Å². The molecular formula is C13H17N3O2. The van der Waals surface area contributed by atoms with E-state index >= 15 is 0 Å². The van der Waals surface area contributed by atoms with Crippen LogP contribution in [0.25, 0.3) is 11.2 Å². The number of hydrogen-bond donors (Lipinski definition) is 1. The van der Waals surface area contributed by atoms with Crippen molar-refractivity contribution >= 4 is 17.1 Å². The van der Waals surface area contributed by atoms with Gasteiger partial charge >= 0.3 is 5.97 Å². The van der Waals surface area contributed by atoms with Crippen LogP contribution in [0.4, 0.5) is 0 Å². The van der Waals surface area contributed by atoms with E-state index in [4.69, 9.17) is 4.74 Å². The first-order valence-electron chi connectivity index (χ1n) is 6.15. The van der Waals surface area contributed by atoms with Crippen molar-refractivity contribution in [2.24, 2.45) is 0 Å². The second-order valence-corrected chi connectivity index (χ2v) is 4.16. The number of carbonyl (C=O) groups is 1. The molecule has 0 aliphatic heterocycles. The molecule has 0 fully saturated rings. The van der Waals surface area contributed by atoms with Crippen molar-refractivity contribution in [2.75, 3.05) is 6.61 Å². The standard InChI is InChI=1S/C13H17N3O2/c1-4-9(13(17)18-5-2)11-15-10-7-6-8(3)14-12(10)16-11/h6-7,9H,4-5H2,1-3H3,(H,14,15,16). The Hall–Kier alpha value is -1.91. The number of esters is 1. The number of carbonyl (C=O) groups excluding carboxylic acids is 1. The maximum atomic E-state index is 11.8. The highest BCUT2D eigenvalue weighted by Crippen LogP contribution is 2.21. The fraction of sp³-hybridized carbons (Fsp3) is 0.462. The Morgan fingerprint density at radius 3 is 2.83 bits per heavy atom. The summed E-state index contributed by atoms with van der Waals surface area (Å²) in [5, 5.41) is 0. The predicted octanol–water partition coefficient (Wildman–Crippen LogP) is 2.32. The topological polar surface area (TPSA) is 67.9 Å². The molecule has 0 radical (unpaired) electrons. The van der Waals surface area contributed by atoms with Crippen LogP contribution in [-0.2, 0) is 9.53 Å². The third kappa shape index (κ3) is 2.34. The number of pyridine rings is 1. The molecule has 1 unspecified atom stereocenters. The number of imidazole rings is 1. The molecule has 18 heavy (non-hydrogen) atoms. The molecule has 96 valence electrons. The molecule has 0 aromatic carbocycles. The Morgan fingerprint density at radius 2 is 2.17 bits per heavy atom. The Balaban J connectivity index is 2.36. The van der Waals surface area contributed by atoms with Gasteiger partial charge in [0.05, 0.1) is 12.1 Å². The van der Waals surface area contributed by atoms with Crippen molar-refractivity contribution in [3.8, 4) is 0 Å². The van der Waals surface area contributed by atoms with Crippen molar-refractivity contribution in [1.82, 2.24) is 15.0 Å². The highest BCUT2D eigenvalue weighted by molar-refractivity contribution is 5.79. The fourth-order valence-corrected chi connectivity index (χ4v) is 1.89. The van der Waals surface area contributed by atoms with Gasteiger partial charge in [0.1, 0.15) is 11.7 Å². The lowest BCUT2D eigenvalue weighted by Crippen LogP contribution is -2.16. The SMILES string of the molecule is CCOC(=O)C(CC)c1nc2nc(C)ccc2[nH]1. The summed E-state index contributed by atoms with van der Waals surface area (Å²) in [6.45, 7) is 6.03. The maximum absolute atomic E-state index is 11.8. The van der Waals surface area contributed by atoms with E-state index in [0.29, 0.717) is 24.5 Å². The molecule has 5 heteroatoms. The third-order valence-corrected chi connectivity index (χ3v) is 2.81. The Kier molecular flexibility index (Phi) is 3.60. The zero-order valence-electron chi connectivity index (χ0n) is 10.9. The van der Waals surface area contributed by atoms with E-state index in [0.717, 1.165) is 11.2 Å². The molecule has 0 aliphatic rings. The lowest BCUT2D eigenvalue weighted by molar-refractivity contribution is -0.145. The number of aromatic nitrogens is 3. The highest BCUT2D eigenvalue weighted by atomic mass is 16.5. The van der Waals surface area contributed by atoms with E-state index in [1.807, 2.05) is 26.0 Å². The predicted molar refractivity (Wildman–Crippen MR) is 68.3 cm³/mol. The van der Waals surface area contributed by atoms with Crippen LogP contribution in [0.1, 0.15) is 37.7 Å². The summed E-state index contributed by atoms with van der Waals surface area (Å²) in [5.74, 6) is 0.0410. The minimum atomic E-state index is -0.348. The van der Waals surface area contributed by atoms with Crippen LogP contribution in [0.3, 0.4) is 0 Å². The van der Waals surface area contributed by atoms with Crippen molar-refractivity contribution in [3.05, 3.63) is 23.7 Å². The second-order valence-electron chi connectivity index (χ2n) is 4.16. The summed E-state index contributed by atoms with van der Waals surface area (Å²) in [7, 11) is 0. The largest absolute Gasteiger partial charge is 0.465 e. The molecule has 5 nitrogen and oxygen atoms in total. The lowest BCUT2D eigenvalue weighted by Gasteiger charge is -2.10. The number of nitrogens with one attached hydrogen (secondary N) is 1. The van der Waals surface area contributed by atoms with Gasteiger partial charge in [-0.05, 0) is 32.4 Å². The average Bonchev–Trinajstić information content (AvgIpc) is 2.72. The van der Waals surface area contributed by atoms with Crippen molar-refractivity contribution in [1.29, 1.82) is 0 Å². The van der Waals surface area contributed by atoms with Crippen LogP contribution < -0.4 is 0 Å². The van der Waals surface area contributed by atoms with Gasteiger partial charge < -0.3 is 9.72 Å². The van der Waals surface area contributed by atoms with Crippen LogP contribution in [0.5, 0.6) is 0 Å². The Labute approximate surface area is 106 Å². The van der Waals surface area contributed by atoms with Gasteiger partial charge in [0.25, 0.3) is 0 Å². The normalized spacial score (nSPS) is 12.6. The number of hydrogen-bond acceptors (Lipinski definition) is 4. The zero-order chi connectivity index (χ0) is 13.1. The molecule has 1 atom stereocenters. The van der Waals surface area contributed by atoms with Crippen molar-refractivity contribution < 1.29 is 9.53 Å². The van der Waals surface area contributed by atoms with E-state index < -0.39 is 0 Å². The van der Waals surface area contributed by atoms with Gasteiger partial charge in [-0.1, -0.05) is 6.92 Å². The first-order chi connectivity index (χ1) is 8.65. The molecule has 0 spiro atoms. The van der Waals surface area contributed by atoms with E-state index in [1.165, 1.54) is 0 Å². The molecule has 0 saturated carbocycles. The van der Waals surface area contributed by atoms with Crippen LogP contribution >= 0.6 is 0 Å². The molecule has 0 aliphatic carbocycles. The smallest absolute Gasteiger partial charge is 0.316 e. The van der Waals surface area contributed by atoms with Gasteiger partial charge in [-0.15, -0.1) is 0 Å². The Bertz CT molecular complexity index is 562. The molecule has 2 heterocycles. The minimum Gasteiger partial charge on any atom is -0.465 e. The summed E-state index contributed by atoms with van der Waals surface area (Å²) in [6.07, 6.45) is 0.650. The Morgan fingerprint density at radius 1 is 1.39 bits per heavy atom. The summed E-state index contributed by atoms with van der Waals surface area (Å²) in [6, 6.07) is 3.83. The quantitative estimate of drug-likeness (QED) is 0.842. The number of ether oxygens (including phenoxy) is 1. The number of aryl methyl sites for hydroxylation is 1. The fourth-order valence-electron chi connectivity index (χ4n) is 1.89. The van der Waals surface area contributed by atoms with Crippen LogP contribution in [0.2, 0.25) is 0 Å². The average molecular weight is 247 g/mol. The molecule has 2 aromatic heterocycles. The second kappa shape index (κ2) is 5.16. The van der Waals surface area contributed by atoms with Gasteiger partial charge in [-0.3, -0.25) is 4.79 Å². The van der Waals surface area contributed by atoms with E-state index in [2.05, 4.69) is 15.0 Å². The van der Waals surface area contributed by atoms with Crippen LogP contribution in [0, 0.1) is 6.92 Å². The molecule has 0 saturated heterocycles. The highest BCUT2D eigenvalue weighted by Gasteiger charge is 2.23. The van der Waals surface area contributed by atoms with Gasteiger partial charge in [-0.25, -0.2) is 9.97 Å². The zero-order valence-corrected chi connectivity index (χ0v) is 10.9. The minimum absolute atomic E-state index is 0.240. The van der Waals surface area contributed by atoms with Gasteiger partial charge in [0.15, 0.2) is 5.65 Å². The first kappa shape index (κ1) is 12.5. The molecular weight excluding hydrogens is 230 g/mol. The third-order valence-electron chi connectivity index (χ3n) is 2.81. The van der Waals surface area contributed by atoms with Crippen LogP contribution in [0.15, 0.2) is 12.1 Å². The van der Waals surface area contributed by atoms with Crippen molar-refractivity contribution in [3.63, 3.8) is 0 Å². The monoisotopic (exact) mass is 247 g/mol. The van der Waals surface area contributed by atoms with Crippen molar-refractivity contribution in [2.45, 2.75) is 33.1 Å². The summed E-state index contributed by atoms with van der Waals surface area (Å²) < 4.78 is 5.05. The molecule has 2 aromatic rings. The van der Waals surface area contributed by atoms with Gasteiger partial charge in [0.2, 0.25) is 0 Å². The summed E-state index contributed by atoms with van der Waals surface area (Å²) in [4.78, 5) is 23.7. The number of H-pyrrole nitrogens is 1. The molecule has 2 rings (SSSR count). The maximum Gasteiger partial charge on any atom is 0.316 e. The lowest BCUT2D eigenvalue weighted by atomic mass is 10.1. The summed E-state index contributed by atoms with van der Waals surface area (Å²) in [5.41, 5.74) is 2.40. The first-order valence-corrected chi connectivity index (χ1v) is 6.15. The number of nitrogens with zero attached hydrogens (tertiary/aromatic N) is 2. The summed E-state index contributed by atoms with van der Waals surface area (Å²) >= 11 is 0. The number of fused-ring (bicyclic) bond motifs is 1.